The van der Waals surface area contributed by atoms with E-state index in [9.17, 15) is 13.0 Å². The van der Waals surface area contributed by atoms with Crippen molar-refractivity contribution in [1.82, 2.24) is 0 Å². The third-order valence-electron chi connectivity index (χ3n) is 2.94. The first-order valence-electron chi connectivity index (χ1n) is 6.75. The molecule has 0 atom stereocenters. The van der Waals surface area contributed by atoms with Gasteiger partial charge in [-0.2, -0.15) is 0 Å². The Bertz CT molecular complexity index is 457. The Balaban J connectivity index is 0.00000361. The van der Waals surface area contributed by atoms with E-state index in [2.05, 4.69) is 11.1 Å². The molecule has 6 heteroatoms. The zero-order valence-electron chi connectivity index (χ0n) is 12.3. The molecule has 0 fully saturated rings. The van der Waals surface area contributed by atoms with Gasteiger partial charge in [-0.3, -0.25) is 0 Å². The normalized spacial score (nSPS) is 10.9. The molecule has 1 rings (SSSR count). The zero-order chi connectivity index (χ0) is 14.1. The van der Waals surface area contributed by atoms with Gasteiger partial charge in [0.15, 0.2) is 0 Å². The number of rotatable bonds is 9. The number of unbranched alkanes of at least 4 members (excludes halogenated alkanes) is 5. The van der Waals surface area contributed by atoms with Crippen molar-refractivity contribution in [2.24, 2.45) is 0 Å². The van der Waals surface area contributed by atoms with Crippen LogP contribution in [0.15, 0.2) is 24.3 Å². The van der Waals surface area contributed by atoms with Crippen molar-refractivity contribution in [1.29, 1.82) is 0 Å². The molecule has 0 radical (unpaired) electrons. The van der Waals surface area contributed by atoms with E-state index < -0.39 is 10.4 Å². The van der Waals surface area contributed by atoms with Gasteiger partial charge in [0, 0.05) is 0 Å². The van der Waals surface area contributed by atoms with Crippen molar-refractivity contribution in [2.45, 2.75) is 51.9 Å². The molecule has 108 valence electrons. The van der Waals surface area contributed by atoms with E-state index in [4.69, 9.17) is 0 Å². The minimum absolute atomic E-state index is 0. The van der Waals surface area contributed by atoms with Crippen LogP contribution in [0.25, 0.3) is 0 Å². The molecule has 0 aromatic heterocycles. The van der Waals surface area contributed by atoms with Crippen LogP contribution in [0, 0.1) is 0 Å². The average Bonchev–Trinajstić information content (AvgIpc) is 2.34. The predicted octanol–water partition coefficient (Wildman–Crippen LogP) is 0.433. The van der Waals surface area contributed by atoms with Gasteiger partial charge in [0.1, 0.15) is 5.75 Å². The summed E-state index contributed by atoms with van der Waals surface area (Å²) >= 11 is 0. The molecule has 1 aromatic carbocycles. The second-order valence-electron chi connectivity index (χ2n) is 4.65. The van der Waals surface area contributed by atoms with Gasteiger partial charge in [-0.25, -0.2) is 8.42 Å². The SMILES string of the molecule is CCCCCCCCc1ccc(OS(=O)(=O)[O-])cc1.[Na+]. The van der Waals surface area contributed by atoms with Crippen molar-refractivity contribution in [3.63, 3.8) is 0 Å². The van der Waals surface area contributed by atoms with Crippen LogP contribution in [-0.2, 0) is 16.8 Å². The van der Waals surface area contributed by atoms with Crippen molar-refractivity contribution in [3.05, 3.63) is 29.8 Å². The molecule has 0 unspecified atom stereocenters. The minimum atomic E-state index is -4.67. The zero-order valence-corrected chi connectivity index (χ0v) is 15.1. The molecular weight excluding hydrogens is 287 g/mol. The van der Waals surface area contributed by atoms with Crippen LogP contribution in [0.4, 0.5) is 0 Å². The van der Waals surface area contributed by atoms with Crippen LogP contribution in [0.3, 0.4) is 0 Å². The van der Waals surface area contributed by atoms with Gasteiger partial charge >= 0.3 is 29.6 Å². The van der Waals surface area contributed by atoms with E-state index in [1.54, 1.807) is 12.1 Å². The van der Waals surface area contributed by atoms with E-state index in [1.807, 2.05) is 0 Å². The summed E-state index contributed by atoms with van der Waals surface area (Å²) in [5.74, 6) is 0.0710. The molecule has 20 heavy (non-hydrogen) atoms. The molecule has 0 heterocycles. The summed E-state index contributed by atoms with van der Waals surface area (Å²) in [5, 5.41) is 0. The van der Waals surface area contributed by atoms with Crippen molar-refractivity contribution >= 4 is 10.4 Å². The first kappa shape index (κ1) is 19.9. The Labute approximate surface area is 144 Å². The Kier molecular flexibility index (Phi) is 10.6. The Morgan fingerprint density at radius 3 is 2.10 bits per heavy atom. The van der Waals surface area contributed by atoms with Gasteiger partial charge in [-0.1, -0.05) is 51.2 Å². The smallest absolute Gasteiger partial charge is 0.716 e. The maximum absolute atomic E-state index is 10.4. The standard InChI is InChI=1S/C14H22O4S.Na/c1-2-3-4-5-6-7-8-13-9-11-14(12-10-13)18-19(15,16)17;/h9-12H,2-8H2,1H3,(H,15,16,17);/q;+1/p-1. The van der Waals surface area contributed by atoms with Crippen LogP contribution in [0.1, 0.15) is 51.0 Å². The van der Waals surface area contributed by atoms with Gasteiger partial charge in [-0.05, 0) is 30.5 Å². The molecule has 0 aliphatic heterocycles. The molecule has 0 aliphatic rings. The van der Waals surface area contributed by atoms with Crippen molar-refractivity contribution < 1.29 is 46.7 Å². The summed E-state index contributed by atoms with van der Waals surface area (Å²) < 4.78 is 35.5. The van der Waals surface area contributed by atoms with E-state index in [0.29, 0.717) is 0 Å². The topological polar surface area (TPSA) is 66.4 Å². The summed E-state index contributed by atoms with van der Waals surface area (Å²) in [7, 11) is -4.67. The maximum atomic E-state index is 10.4. The Morgan fingerprint density at radius 1 is 1.00 bits per heavy atom. The predicted molar refractivity (Wildman–Crippen MR) is 73.8 cm³/mol. The van der Waals surface area contributed by atoms with E-state index in [1.165, 1.54) is 44.2 Å². The largest absolute Gasteiger partial charge is 1.00 e. The molecule has 0 N–H and O–H groups in total. The fraction of sp³-hybridized carbons (Fsp3) is 0.571. The second-order valence-corrected chi connectivity index (χ2v) is 5.64. The molecule has 0 spiro atoms. The third kappa shape index (κ3) is 9.77. The summed E-state index contributed by atoms with van der Waals surface area (Å²) in [5.41, 5.74) is 1.13. The number of aryl methyl sites for hydroxylation is 1. The summed E-state index contributed by atoms with van der Waals surface area (Å²) in [6.45, 7) is 2.20. The second kappa shape index (κ2) is 10.6. The van der Waals surface area contributed by atoms with Crippen LogP contribution in [0.5, 0.6) is 5.75 Å². The molecule has 0 saturated heterocycles. The van der Waals surface area contributed by atoms with Crippen molar-refractivity contribution in [3.8, 4) is 5.75 Å². The molecule has 0 amide bonds. The van der Waals surface area contributed by atoms with E-state index in [-0.39, 0.29) is 35.3 Å². The maximum Gasteiger partial charge on any atom is 1.00 e. The molecule has 0 aliphatic carbocycles. The first-order valence-corrected chi connectivity index (χ1v) is 8.09. The van der Waals surface area contributed by atoms with Gasteiger partial charge in [0.05, 0.1) is 0 Å². The number of hydrogen-bond donors (Lipinski definition) is 0. The molecule has 0 bridgehead atoms. The van der Waals surface area contributed by atoms with Crippen LogP contribution in [0.2, 0.25) is 0 Å². The number of benzene rings is 1. The summed E-state index contributed by atoms with van der Waals surface area (Å²) in [6, 6.07) is 6.63. The van der Waals surface area contributed by atoms with Crippen LogP contribution in [-0.4, -0.2) is 13.0 Å². The summed E-state index contributed by atoms with van der Waals surface area (Å²) in [6.07, 6.45) is 8.43. The number of hydrogen-bond acceptors (Lipinski definition) is 4. The van der Waals surface area contributed by atoms with Crippen molar-refractivity contribution in [2.75, 3.05) is 0 Å². The van der Waals surface area contributed by atoms with Gasteiger partial charge < -0.3 is 8.74 Å². The molecular formula is C14H21NaO4S. The monoisotopic (exact) mass is 308 g/mol. The minimum Gasteiger partial charge on any atom is -0.716 e. The third-order valence-corrected chi connectivity index (χ3v) is 3.34. The fourth-order valence-electron chi connectivity index (χ4n) is 1.94. The molecule has 1 aromatic rings. The molecule has 4 nitrogen and oxygen atoms in total. The van der Waals surface area contributed by atoms with Crippen LogP contribution < -0.4 is 33.7 Å². The Morgan fingerprint density at radius 2 is 1.55 bits per heavy atom. The first-order chi connectivity index (χ1) is 9.01. The van der Waals surface area contributed by atoms with Gasteiger partial charge in [0.2, 0.25) is 0 Å². The average molecular weight is 308 g/mol. The summed E-state index contributed by atoms with van der Waals surface area (Å²) in [4.78, 5) is 0. The van der Waals surface area contributed by atoms with Gasteiger partial charge in [0.25, 0.3) is 10.4 Å². The molecule has 0 saturated carbocycles. The quantitative estimate of drug-likeness (QED) is 0.287. The van der Waals surface area contributed by atoms with E-state index in [0.717, 1.165) is 18.4 Å². The Hall–Kier alpha value is -0.0700. The van der Waals surface area contributed by atoms with Crippen LogP contribution >= 0.6 is 0 Å². The van der Waals surface area contributed by atoms with Gasteiger partial charge in [-0.15, -0.1) is 0 Å². The van der Waals surface area contributed by atoms with E-state index >= 15 is 0 Å². The fourth-order valence-corrected chi connectivity index (χ4v) is 2.29.